The number of hydrogen-bond acceptors (Lipinski definition) is 2. The smallest absolute Gasteiger partial charge is 0.191 e. The summed E-state index contributed by atoms with van der Waals surface area (Å²) in [6.45, 7) is 3.71. The molecule has 128 valence electrons. The van der Waals surface area contributed by atoms with Crippen LogP contribution in [0.15, 0.2) is 29.3 Å². The molecule has 23 heavy (non-hydrogen) atoms. The summed E-state index contributed by atoms with van der Waals surface area (Å²) in [4.78, 5) is 6.76. The molecule has 4 nitrogen and oxygen atoms in total. The first kappa shape index (κ1) is 18.5. The van der Waals surface area contributed by atoms with Gasteiger partial charge >= 0.3 is 0 Å². The van der Waals surface area contributed by atoms with Crippen LogP contribution < -0.4 is 5.73 Å². The summed E-state index contributed by atoms with van der Waals surface area (Å²) in [5.41, 5.74) is 8.66. The molecular formula is C18H28IN3O. The van der Waals surface area contributed by atoms with Crippen molar-refractivity contribution in [3.8, 4) is 0 Å². The number of aryl methyl sites for hydroxylation is 1. The van der Waals surface area contributed by atoms with Gasteiger partial charge in [-0.2, -0.15) is 0 Å². The van der Waals surface area contributed by atoms with Crippen molar-refractivity contribution >= 4 is 29.9 Å². The first-order valence-corrected chi connectivity index (χ1v) is 8.36. The van der Waals surface area contributed by atoms with Gasteiger partial charge in [0.1, 0.15) is 0 Å². The summed E-state index contributed by atoms with van der Waals surface area (Å²) in [5.74, 6) is 1.10. The number of rotatable bonds is 4. The number of guanidine groups is 1. The summed E-state index contributed by atoms with van der Waals surface area (Å²) < 4.78 is 6.05. The van der Waals surface area contributed by atoms with E-state index in [0.29, 0.717) is 17.9 Å². The third kappa shape index (κ3) is 4.83. The van der Waals surface area contributed by atoms with Gasteiger partial charge in [-0.1, -0.05) is 29.8 Å². The van der Waals surface area contributed by atoms with E-state index in [1.165, 1.54) is 24.0 Å². The zero-order valence-electron chi connectivity index (χ0n) is 14.1. The molecule has 1 aliphatic carbocycles. The van der Waals surface area contributed by atoms with Gasteiger partial charge in [0.05, 0.1) is 6.10 Å². The van der Waals surface area contributed by atoms with Crippen molar-refractivity contribution in [2.24, 2.45) is 16.6 Å². The van der Waals surface area contributed by atoms with E-state index >= 15 is 0 Å². The SMILES string of the molecule is Cc1ccc(C2OCCCC2CN=C(N)N(C)C2CC2)cc1.I. The monoisotopic (exact) mass is 429 g/mol. The molecule has 0 aromatic heterocycles. The van der Waals surface area contributed by atoms with Gasteiger partial charge in [-0.25, -0.2) is 0 Å². The van der Waals surface area contributed by atoms with E-state index in [1.807, 2.05) is 7.05 Å². The third-order valence-corrected chi connectivity index (χ3v) is 4.79. The van der Waals surface area contributed by atoms with Gasteiger partial charge in [-0.3, -0.25) is 4.99 Å². The van der Waals surface area contributed by atoms with Gasteiger partial charge in [-0.15, -0.1) is 24.0 Å². The fourth-order valence-corrected chi connectivity index (χ4v) is 3.13. The highest BCUT2D eigenvalue weighted by molar-refractivity contribution is 14.0. The highest BCUT2D eigenvalue weighted by atomic mass is 127. The molecule has 1 aromatic rings. The standard InChI is InChI=1S/C18H27N3O.HI/c1-13-5-7-14(8-6-13)17-15(4-3-11-22-17)12-20-18(19)21(2)16-9-10-16;/h5-8,15-17H,3-4,9-12H2,1-2H3,(H2,19,20);1H. The largest absolute Gasteiger partial charge is 0.373 e. The summed E-state index contributed by atoms with van der Waals surface area (Å²) >= 11 is 0. The Morgan fingerprint density at radius 2 is 1.96 bits per heavy atom. The predicted molar refractivity (Wildman–Crippen MR) is 105 cm³/mol. The minimum atomic E-state index is 0. The Labute approximate surface area is 156 Å². The molecule has 2 atom stereocenters. The Morgan fingerprint density at radius 3 is 2.61 bits per heavy atom. The molecule has 1 saturated carbocycles. The van der Waals surface area contributed by atoms with Crippen LogP contribution in [0.2, 0.25) is 0 Å². The van der Waals surface area contributed by atoms with E-state index < -0.39 is 0 Å². The number of benzene rings is 1. The van der Waals surface area contributed by atoms with Crippen LogP contribution >= 0.6 is 24.0 Å². The molecule has 2 aliphatic rings. The van der Waals surface area contributed by atoms with Gasteiger partial charge in [0.15, 0.2) is 5.96 Å². The van der Waals surface area contributed by atoms with E-state index in [9.17, 15) is 0 Å². The van der Waals surface area contributed by atoms with Gasteiger partial charge in [-0.05, 0) is 38.2 Å². The predicted octanol–water partition coefficient (Wildman–Crippen LogP) is 3.49. The van der Waals surface area contributed by atoms with Crippen LogP contribution in [-0.2, 0) is 4.74 Å². The van der Waals surface area contributed by atoms with Gasteiger partial charge in [0.25, 0.3) is 0 Å². The Balaban J connectivity index is 0.00000192. The highest BCUT2D eigenvalue weighted by Crippen LogP contribution is 2.34. The summed E-state index contributed by atoms with van der Waals surface area (Å²) in [6, 6.07) is 9.29. The topological polar surface area (TPSA) is 50.9 Å². The number of halogens is 1. The zero-order chi connectivity index (χ0) is 15.5. The molecule has 3 rings (SSSR count). The van der Waals surface area contributed by atoms with Crippen LogP contribution in [0.3, 0.4) is 0 Å². The minimum Gasteiger partial charge on any atom is -0.373 e. The molecule has 1 saturated heterocycles. The molecule has 2 unspecified atom stereocenters. The molecule has 1 aliphatic heterocycles. The average Bonchev–Trinajstić information content (AvgIpc) is 3.38. The minimum absolute atomic E-state index is 0. The van der Waals surface area contributed by atoms with E-state index in [1.54, 1.807) is 0 Å². The van der Waals surface area contributed by atoms with Crippen molar-refractivity contribution in [2.45, 2.75) is 44.8 Å². The Morgan fingerprint density at radius 1 is 1.26 bits per heavy atom. The maximum absolute atomic E-state index is 6.11. The quantitative estimate of drug-likeness (QED) is 0.453. The Hall–Kier alpha value is -0.820. The maximum Gasteiger partial charge on any atom is 0.191 e. The second-order valence-electron chi connectivity index (χ2n) is 6.65. The normalized spacial score (nSPS) is 24.9. The second kappa shape index (κ2) is 8.33. The van der Waals surface area contributed by atoms with Gasteiger partial charge in [0, 0.05) is 32.2 Å². The van der Waals surface area contributed by atoms with Crippen LogP contribution in [0.4, 0.5) is 0 Å². The van der Waals surface area contributed by atoms with E-state index in [0.717, 1.165) is 26.0 Å². The molecule has 5 heteroatoms. The summed E-state index contributed by atoms with van der Waals surface area (Å²) in [5, 5.41) is 0. The zero-order valence-corrected chi connectivity index (χ0v) is 16.4. The van der Waals surface area contributed by atoms with Gasteiger partial charge < -0.3 is 15.4 Å². The molecule has 0 amide bonds. The average molecular weight is 429 g/mol. The van der Waals surface area contributed by atoms with Crippen molar-refractivity contribution in [2.75, 3.05) is 20.2 Å². The van der Waals surface area contributed by atoms with Crippen LogP contribution in [0.1, 0.15) is 42.9 Å². The lowest BCUT2D eigenvalue weighted by Gasteiger charge is -2.31. The fraction of sp³-hybridized carbons (Fsp3) is 0.611. The molecule has 2 N–H and O–H groups in total. The first-order valence-electron chi connectivity index (χ1n) is 8.36. The maximum atomic E-state index is 6.11. The molecule has 0 spiro atoms. The Kier molecular flexibility index (Phi) is 6.71. The lowest BCUT2D eigenvalue weighted by molar-refractivity contribution is -0.0250. The third-order valence-electron chi connectivity index (χ3n) is 4.79. The number of ether oxygens (including phenoxy) is 1. The van der Waals surface area contributed by atoms with Crippen LogP contribution in [0.25, 0.3) is 0 Å². The summed E-state index contributed by atoms with van der Waals surface area (Å²) in [6.07, 6.45) is 4.90. The van der Waals surface area contributed by atoms with Crippen LogP contribution in [0, 0.1) is 12.8 Å². The van der Waals surface area contributed by atoms with Crippen molar-refractivity contribution < 1.29 is 4.74 Å². The van der Waals surface area contributed by atoms with Crippen molar-refractivity contribution in [1.82, 2.24) is 4.90 Å². The molecular weight excluding hydrogens is 401 g/mol. The number of nitrogens with two attached hydrogens (primary N) is 1. The number of aliphatic imine (C=N–C) groups is 1. The first-order chi connectivity index (χ1) is 10.6. The lowest BCUT2D eigenvalue weighted by atomic mass is 9.89. The molecule has 1 heterocycles. The fourth-order valence-electron chi connectivity index (χ4n) is 3.13. The van der Waals surface area contributed by atoms with E-state index in [2.05, 4.69) is 41.1 Å². The van der Waals surface area contributed by atoms with Crippen molar-refractivity contribution in [1.29, 1.82) is 0 Å². The molecule has 0 radical (unpaired) electrons. The van der Waals surface area contributed by atoms with Crippen LogP contribution in [-0.4, -0.2) is 37.1 Å². The van der Waals surface area contributed by atoms with E-state index in [-0.39, 0.29) is 30.1 Å². The van der Waals surface area contributed by atoms with Crippen molar-refractivity contribution in [3.05, 3.63) is 35.4 Å². The molecule has 2 fully saturated rings. The lowest BCUT2D eigenvalue weighted by Crippen LogP contribution is -2.36. The van der Waals surface area contributed by atoms with Gasteiger partial charge in [0.2, 0.25) is 0 Å². The highest BCUT2D eigenvalue weighted by Gasteiger charge is 2.29. The number of hydrogen-bond donors (Lipinski definition) is 1. The Bertz CT molecular complexity index is 528. The molecule has 0 bridgehead atoms. The van der Waals surface area contributed by atoms with Crippen LogP contribution in [0.5, 0.6) is 0 Å². The van der Waals surface area contributed by atoms with E-state index in [4.69, 9.17) is 10.5 Å². The van der Waals surface area contributed by atoms with Crippen molar-refractivity contribution in [3.63, 3.8) is 0 Å². The summed E-state index contributed by atoms with van der Waals surface area (Å²) in [7, 11) is 2.05. The second-order valence-corrected chi connectivity index (χ2v) is 6.65. The number of nitrogens with zero attached hydrogens (tertiary/aromatic N) is 2. The molecule has 1 aromatic carbocycles.